The van der Waals surface area contributed by atoms with Gasteiger partial charge in [0.1, 0.15) is 12.5 Å². The molecular formula is C68H146N6O13P2. The summed E-state index contributed by atoms with van der Waals surface area (Å²) in [4.78, 5) is 0. The Labute approximate surface area is 550 Å². The molecule has 0 spiro atoms. The molecule has 0 radical (unpaired) electrons. The summed E-state index contributed by atoms with van der Waals surface area (Å²) in [7, 11) is -2.89. The van der Waals surface area contributed by atoms with Gasteiger partial charge < -0.3 is 54.4 Å². The van der Waals surface area contributed by atoms with Gasteiger partial charge in [-0.15, -0.1) is 0 Å². The molecule has 2 aliphatic heterocycles. The molecule has 3 unspecified atom stereocenters. The molecule has 1 aromatic rings. The van der Waals surface area contributed by atoms with Crippen LogP contribution in [0.15, 0.2) is 30.3 Å². The zero-order chi connectivity index (χ0) is 70.4. The Morgan fingerprint density at radius 2 is 0.787 bits per heavy atom. The maximum Gasteiger partial charge on any atom is 0.334 e. The molecule has 21 heteroatoms. The van der Waals surface area contributed by atoms with Crippen LogP contribution in [-0.4, -0.2) is 162 Å². The number of nitrogens with zero attached hydrogens (tertiary/aromatic N) is 6. The Morgan fingerprint density at radius 3 is 1.00 bits per heavy atom. The second-order valence-corrected chi connectivity index (χ2v) is 35.2. The molecular weight excluding hydrogens is 1170 g/mol. The van der Waals surface area contributed by atoms with Crippen molar-refractivity contribution in [2.45, 2.75) is 363 Å². The average molecular weight is 1320 g/mol. The lowest BCUT2D eigenvalue weighted by molar-refractivity contribution is -0.264. The van der Waals surface area contributed by atoms with Gasteiger partial charge in [-0.3, -0.25) is 9.05 Å². The molecule has 2 fully saturated rings. The summed E-state index contributed by atoms with van der Waals surface area (Å²) >= 11 is 0. The van der Waals surface area contributed by atoms with Crippen LogP contribution < -0.4 is 0 Å². The van der Waals surface area contributed by atoms with Gasteiger partial charge in [-0.1, -0.05) is 100 Å². The Balaban J connectivity index is -0.000000494. The number of aliphatic hydroxyl groups is 1. The molecule has 2 heterocycles. The van der Waals surface area contributed by atoms with Gasteiger partial charge in [0.05, 0.1) is 38.6 Å². The molecule has 3 rings (SSSR count). The minimum atomic E-state index is -1.45. The molecule has 3 atom stereocenters. The van der Waals surface area contributed by atoms with Crippen LogP contribution in [0.5, 0.6) is 0 Å². The van der Waals surface area contributed by atoms with Gasteiger partial charge in [-0.25, -0.2) is 0 Å². The summed E-state index contributed by atoms with van der Waals surface area (Å²) in [6, 6.07) is 10.3. The van der Waals surface area contributed by atoms with E-state index < -0.39 is 40.7 Å². The maximum atomic E-state index is 10.5. The largest absolute Gasteiger partial charge is 0.393 e. The highest BCUT2D eigenvalue weighted by Crippen LogP contribution is 2.47. The minimum absolute atomic E-state index is 0. The summed E-state index contributed by atoms with van der Waals surface area (Å²) in [6.07, 6.45) is 4.28. The second kappa shape index (κ2) is 39.5. The highest BCUT2D eigenvalue weighted by Gasteiger charge is 2.45. The third-order valence-electron chi connectivity index (χ3n) is 14.7. The smallest absolute Gasteiger partial charge is 0.334 e. The van der Waals surface area contributed by atoms with E-state index in [0.717, 1.165) is 19.3 Å². The summed E-state index contributed by atoms with van der Waals surface area (Å²) in [5, 5.41) is 78.2. The lowest BCUT2D eigenvalue weighted by Gasteiger charge is -2.50. The van der Waals surface area contributed by atoms with Crippen LogP contribution in [0.3, 0.4) is 0 Å². The maximum absolute atomic E-state index is 10.5. The fourth-order valence-electron chi connectivity index (χ4n) is 9.83. The van der Waals surface area contributed by atoms with Gasteiger partial charge >= 0.3 is 17.2 Å². The number of hydroxylamine groups is 12. The van der Waals surface area contributed by atoms with Crippen molar-refractivity contribution in [2.24, 2.45) is 16.7 Å². The molecule has 89 heavy (non-hydrogen) atoms. The number of aliphatic hydroxyl groups excluding tert-OH is 1. The van der Waals surface area contributed by atoms with E-state index in [1.165, 1.54) is 42.4 Å². The topological polar surface area (TPSA) is 216 Å². The average Bonchev–Trinajstić information content (AvgIpc) is 3.50. The molecule has 0 bridgehead atoms. The number of rotatable bonds is 19. The lowest BCUT2D eigenvalue weighted by atomic mass is 9.80. The first-order valence-corrected chi connectivity index (χ1v) is 34.5. The van der Waals surface area contributed by atoms with Crippen molar-refractivity contribution in [3.63, 3.8) is 0 Å². The first-order valence-electron chi connectivity index (χ1n) is 32.4. The number of benzene rings is 1. The summed E-state index contributed by atoms with van der Waals surface area (Å²) in [5.74, 6) is 0.369. The molecule has 536 valence electrons. The first-order chi connectivity index (χ1) is 39.2. The molecule has 2 aliphatic rings. The third-order valence-corrected chi connectivity index (χ3v) is 17.4. The van der Waals surface area contributed by atoms with Gasteiger partial charge in [0.2, 0.25) is 0 Å². The van der Waals surface area contributed by atoms with Crippen LogP contribution in [0.25, 0.3) is 0 Å². The van der Waals surface area contributed by atoms with Gasteiger partial charge in [0.15, 0.2) is 0 Å². The normalized spacial score (nSPS) is 18.8. The minimum Gasteiger partial charge on any atom is -0.393 e. The monoisotopic (exact) mass is 1320 g/mol. The number of hydrogen-bond acceptors (Lipinski definition) is 19. The lowest BCUT2D eigenvalue weighted by Crippen LogP contribution is -2.60. The van der Waals surface area contributed by atoms with Crippen molar-refractivity contribution in [1.29, 1.82) is 0 Å². The van der Waals surface area contributed by atoms with E-state index >= 15 is 0 Å². The molecule has 0 aromatic heterocycles. The van der Waals surface area contributed by atoms with E-state index in [1.807, 2.05) is 198 Å². The first kappa shape index (κ1) is 94.7. The zero-order valence-corrected chi connectivity index (χ0v) is 64.8. The standard InChI is InChI=1S/C15H25NO.2C13H30NO4P.C9H19NO2.C9H19NO.C8H19NO.CH4/c1-6-15(4,5)16(17)14(12(2)3)13-10-8-7-9-11-13;2*1-9-16-19(17-10-2)18-11(12(3,4)5)14(15)13(6,7)8;1-8(2)5-7(11)6-9(3,4)10(8)12;1-8(2)6-5-7-9(3,4)10(8)11;1-7(2,3)9(10)8(4,5)6;/h7-12,14,17H,6H2,1-5H3;2*11,15H,9-10H2,1-8H3;7,11-12H,5-6H2,1-4H3;11H,5-7H2,1-4H3;10H,1-6H3;1H4. The van der Waals surface area contributed by atoms with Crippen LogP contribution in [-0.2, 0) is 27.1 Å². The summed E-state index contributed by atoms with van der Waals surface area (Å²) in [5.41, 5.74) is -1.46. The predicted molar refractivity (Wildman–Crippen MR) is 370 cm³/mol. The van der Waals surface area contributed by atoms with E-state index in [4.69, 9.17) is 27.1 Å². The van der Waals surface area contributed by atoms with Crippen LogP contribution in [0.4, 0.5) is 0 Å². The fraction of sp³-hybridized carbons (Fsp3) is 0.912. The number of piperidine rings is 2. The van der Waals surface area contributed by atoms with Crippen molar-refractivity contribution in [1.82, 2.24) is 30.4 Å². The van der Waals surface area contributed by atoms with Crippen LogP contribution in [0, 0.1) is 16.7 Å². The molecule has 0 saturated carbocycles. The Morgan fingerprint density at radius 1 is 0.494 bits per heavy atom. The van der Waals surface area contributed by atoms with Crippen molar-refractivity contribution in [3.8, 4) is 0 Å². The van der Waals surface area contributed by atoms with Crippen molar-refractivity contribution in [2.75, 3.05) is 26.4 Å². The SMILES string of the molecule is C.CC(C)(C)N(O)C(C)(C)C.CC1(C)CC(O)CC(C)(C)N1O.CC1(C)CCCC(C)(C)N1O.CCC(C)(C)N(O)C(c1ccccc1)C(C)C.CCOP(OCC)OC(N(O)C(C)(C)C)C(C)(C)C.CCOP(OCC)OC(N(O)C(C)(C)C)C(C)(C)C. The van der Waals surface area contributed by atoms with E-state index in [-0.39, 0.29) is 69.2 Å². The Kier molecular flexibility index (Phi) is 42.1. The second-order valence-electron chi connectivity index (χ2n) is 32.8. The van der Waals surface area contributed by atoms with Crippen LogP contribution in [0.1, 0.15) is 300 Å². The van der Waals surface area contributed by atoms with Gasteiger partial charge in [-0.05, 0) is 230 Å². The highest BCUT2D eigenvalue weighted by molar-refractivity contribution is 7.42. The van der Waals surface area contributed by atoms with Gasteiger partial charge in [-0.2, -0.15) is 30.4 Å². The third kappa shape index (κ3) is 35.2. The Bertz CT molecular complexity index is 1870. The van der Waals surface area contributed by atoms with E-state index in [2.05, 4.69) is 74.4 Å². The van der Waals surface area contributed by atoms with Crippen molar-refractivity contribution in [3.05, 3.63) is 35.9 Å². The summed E-state index contributed by atoms with van der Waals surface area (Å²) < 4.78 is 33.6. The quantitative estimate of drug-likeness (QED) is 0.0389. The molecule has 2 saturated heterocycles. The number of hydrogen-bond donors (Lipinski definition) is 7. The van der Waals surface area contributed by atoms with E-state index in [0.29, 0.717) is 45.2 Å². The van der Waals surface area contributed by atoms with E-state index in [9.17, 15) is 36.4 Å². The summed E-state index contributed by atoms with van der Waals surface area (Å²) in [6.45, 7) is 71.9. The zero-order valence-electron chi connectivity index (χ0n) is 63.0. The predicted octanol–water partition coefficient (Wildman–Crippen LogP) is 19.3. The molecule has 0 amide bonds. The van der Waals surface area contributed by atoms with Gasteiger partial charge in [0.25, 0.3) is 0 Å². The Hall–Kier alpha value is -0.680. The fourth-order valence-corrected chi connectivity index (χ4v) is 12.2. The highest BCUT2D eigenvalue weighted by atomic mass is 31.2. The molecule has 0 aliphatic carbocycles. The molecule has 7 N–H and O–H groups in total. The van der Waals surface area contributed by atoms with Crippen LogP contribution >= 0.6 is 17.2 Å². The van der Waals surface area contributed by atoms with E-state index in [1.54, 1.807) is 0 Å². The van der Waals surface area contributed by atoms with Crippen molar-refractivity contribution < 1.29 is 63.5 Å². The van der Waals surface area contributed by atoms with Crippen molar-refractivity contribution >= 4 is 17.2 Å². The molecule has 1 aromatic carbocycles. The van der Waals surface area contributed by atoms with Crippen LogP contribution in [0.2, 0.25) is 0 Å². The molecule has 19 nitrogen and oxygen atoms in total. The van der Waals surface area contributed by atoms with Gasteiger partial charge in [0, 0.05) is 60.7 Å².